The van der Waals surface area contributed by atoms with Crippen molar-refractivity contribution in [1.29, 1.82) is 0 Å². The molecular weight excluding hydrogens is 202 g/mol. The lowest BCUT2D eigenvalue weighted by molar-refractivity contribution is 0.0159. The molecule has 1 saturated heterocycles. The summed E-state index contributed by atoms with van der Waals surface area (Å²) in [5, 5.41) is 3.30. The summed E-state index contributed by atoms with van der Waals surface area (Å²) >= 11 is 0. The van der Waals surface area contributed by atoms with Gasteiger partial charge in [-0.2, -0.15) is 0 Å². The van der Waals surface area contributed by atoms with Crippen LogP contribution < -0.4 is 10.1 Å². The Morgan fingerprint density at radius 3 is 2.88 bits per heavy atom. The molecule has 16 heavy (non-hydrogen) atoms. The highest BCUT2D eigenvalue weighted by Crippen LogP contribution is 2.12. The molecule has 0 aliphatic carbocycles. The van der Waals surface area contributed by atoms with Gasteiger partial charge < -0.3 is 14.8 Å². The van der Waals surface area contributed by atoms with Crippen LogP contribution in [0, 0.1) is 6.92 Å². The Bertz CT molecular complexity index is 304. The van der Waals surface area contributed by atoms with Crippen molar-refractivity contribution in [3.8, 4) is 5.75 Å². The summed E-state index contributed by atoms with van der Waals surface area (Å²) in [6, 6.07) is 7.80. The fourth-order valence-corrected chi connectivity index (χ4v) is 1.70. The minimum Gasteiger partial charge on any atom is -0.493 e. The smallest absolute Gasteiger partial charge is 0.119 e. The van der Waals surface area contributed by atoms with E-state index < -0.39 is 0 Å². The molecule has 3 nitrogen and oxygen atoms in total. The maximum Gasteiger partial charge on any atom is 0.119 e. The van der Waals surface area contributed by atoms with Gasteiger partial charge >= 0.3 is 0 Å². The lowest BCUT2D eigenvalue weighted by Crippen LogP contribution is -2.39. The number of nitrogens with one attached hydrogen (secondary N) is 1. The number of hydrogen-bond acceptors (Lipinski definition) is 3. The summed E-state index contributed by atoms with van der Waals surface area (Å²) in [6.07, 6.45) is 1.22. The molecule has 87 valence electrons. The van der Waals surface area contributed by atoms with E-state index >= 15 is 0 Å². The molecule has 0 aromatic heterocycles. The molecule has 1 N–H and O–H groups in total. The monoisotopic (exact) mass is 220 g/mol. The number of hydrogen-bond donors (Lipinski definition) is 1. The molecule has 1 fully saturated rings. The molecule has 1 atom stereocenters. The van der Waals surface area contributed by atoms with Crippen molar-refractivity contribution in [2.24, 2.45) is 0 Å². The predicted octanol–water partition coefficient (Wildman–Crippen LogP) is 1.63. The van der Waals surface area contributed by atoms with Gasteiger partial charge in [0.1, 0.15) is 5.75 Å². The Balaban J connectivity index is 1.69. The standard InChI is InChI=1S/C13H18NO2/c1-11-2-4-12(5-3-11)15-8-6-13-10-14-7-9-16-13/h2-5,13-14H,1,6-10H2. The lowest BCUT2D eigenvalue weighted by atomic mass is 10.2. The van der Waals surface area contributed by atoms with Crippen molar-refractivity contribution in [2.45, 2.75) is 12.5 Å². The summed E-state index contributed by atoms with van der Waals surface area (Å²) < 4.78 is 11.2. The van der Waals surface area contributed by atoms with Crippen LogP contribution in [0.15, 0.2) is 24.3 Å². The second-order valence-electron chi connectivity index (χ2n) is 3.98. The Morgan fingerprint density at radius 1 is 1.38 bits per heavy atom. The Labute approximate surface area is 96.8 Å². The third kappa shape index (κ3) is 3.51. The molecule has 0 saturated carbocycles. The molecule has 0 spiro atoms. The van der Waals surface area contributed by atoms with E-state index in [-0.39, 0.29) is 0 Å². The van der Waals surface area contributed by atoms with Gasteiger partial charge in [0.25, 0.3) is 0 Å². The molecule has 3 heteroatoms. The van der Waals surface area contributed by atoms with E-state index in [4.69, 9.17) is 9.47 Å². The highest BCUT2D eigenvalue weighted by Gasteiger charge is 2.12. The van der Waals surface area contributed by atoms with E-state index in [0.29, 0.717) is 12.7 Å². The molecular formula is C13H18NO2. The number of morpholine rings is 1. The molecule has 0 amide bonds. The van der Waals surface area contributed by atoms with Crippen molar-refractivity contribution in [3.05, 3.63) is 36.8 Å². The number of benzene rings is 1. The van der Waals surface area contributed by atoms with Gasteiger partial charge in [-0.15, -0.1) is 0 Å². The van der Waals surface area contributed by atoms with E-state index in [0.717, 1.165) is 37.4 Å². The highest BCUT2D eigenvalue weighted by molar-refractivity contribution is 5.28. The molecule has 1 aromatic rings. The fourth-order valence-electron chi connectivity index (χ4n) is 1.70. The molecule has 1 heterocycles. The molecule has 1 aliphatic heterocycles. The third-order valence-electron chi connectivity index (χ3n) is 2.64. The largest absolute Gasteiger partial charge is 0.493 e. The van der Waals surface area contributed by atoms with Crippen molar-refractivity contribution in [2.75, 3.05) is 26.3 Å². The lowest BCUT2D eigenvalue weighted by Gasteiger charge is -2.23. The van der Waals surface area contributed by atoms with Gasteiger partial charge in [0.05, 0.1) is 19.3 Å². The van der Waals surface area contributed by atoms with Crippen molar-refractivity contribution >= 4 is 0 Å². The van der Waals surface area contributed by atoms with Crippen LogP contribution in [0.5, 0.6) is 5.75 Å². The number of rotatable bonds is 4. The Kier molecular flexibility index (Phi) is 4.19. The molecule has 1 unspecified atom stereocenters. The second-order valence-corrected chi connectivity index (χ2v) is 3.98. The van der Waals surface area contributed by atoms with Crippen LogP contribution in [0.4, 0.5) is 0 Å². The first-order chi connectivity index (χ1) is 7.84. The third-order valence-corrected chi connectivity index (χ3v) is 2.64. The summed E-state index contributed by atoms with van der Waals surface area (Å²) in [5.41, 5.74) is 1.01. The maximum atomic E-state index is 5.63. The summed E-state index contributed by atoms with van der Waals surface area (Å²) in [5.74, 6) is 0.899. The minimum absolute atomic E-state index is 0.292. The van der Waals surface area contributed by atoms with E-state index in [1.807, 2.05) is 24.3 Å². The van der Waals surface area contributed by atoms with Crippen LogP contribution >= 0.6 is 0 Å². The predicted molar refractivity (Wildman–Crippen MR) is 63.6 cm³/mol. The van der Waals surface area contributed by atoms with Gasteiger partial charge in [-0.05, 0) is 24.6 Å². The van der Waals surface area contributed by atoms with Gasteiger partial charge in [0, 0.05) is 19.5 Å². The minimum atomic E-state index is 0.292. The Morgan fingerprint density at radius 2 is 2.19 bits per heavy atom. The molecule has 0 bridgehead atoms. The Hall–Kier alpha value is -1.06. The van der Waals surface area contributed by atoms with Crippen LogP contribution in [0.2, 0.25) is 0 Å². The van der Waals surface area contributed by atoms with E-state index in [1.165, 1.54) is 0 Å². The van der Waals surface area contributed by atoms with Crippen molar-refractivity contribution in [3.63, 3.8) is 0 Å². The van der Waals surface area contributed by atoms with Crippen LogP contribution in [-0.2, 0) is 4.74 Å². The SMILES string of the molecule is [CH2]c1ccc(OCCC2CNCCO2)cc1. The fraction of sp³-hybridized carbons (Fsp3) is 0.462. The highest BCUT2D eigenvalue weighted by atomic mass is 16.5. The summed E-state index contributed by atoms with van der Waals surface area (Å²) in [6.45, 7) is 7.23. The van der Waals surface area contributed by atoms with Gasteiger partial charge in [-0.1, -0.05) is 12.1 Å². The summed E-state index contributed by atoms with van der Waals surface area (Å²) in [4.78, 5) is 0. The first kappa shape index (κ1) is 11.4. The first-order valence-corrected chi connectivity index (χ1v) is 5.72. The molecule has 1 aliphatic rings. The maximum absolute atomic E-state index is 5.63. The first-order valence-electron chi connectivity index (χ1n) is 5.72. The second kappa shape index (κ2) is 5.87. The zero-order chi connectivity index (χ0) is 11.2. The zero-order valence-electron chi connectivity index (χ0n) is 9.45. The van der Waals surface area contributed by atoms with Gasteiger partial charge in [-0.25, -0.2) is 0 Å². The average molecular weight is 220 g/mol. The van der Waals surface area contributed by atoms with Crippen LogP contribution in [0.1, 0.15) is 12.0 Å². The molecule has 1 aromatic carbocycles. The molecule has 1 radical (unpaired) electrons. The van der Waals surface area contributed by atoms with Gasteiger partial charge in [0.2, 0.25) is 0 Å². The van der Waals surface area contributed by atoms with E-state index in [9.17, 15) is 0 Å². The quantitative estimate of drug-likeness (QED) is 0.836. The molecule has 2 rings (SSSR count). The normalized spacial score (nSPS) is 20.7. The zero-order valence-corrected chi connectivity index (χ0v) is 9.45. The average Bonchev–Trinajstić information content (AvgIpc) is 2.33. The van der Waals surface area contributed by atoms with E-state index in [1.54, 1.807) is 0 Å². The van der Waals surface area contributed by atoms with E-state index in [2.05, 4.69) is 12.2 Å². The van der Waals surface area contributed by atoms with Crippen molar-refractivity contribution in [1.82, 2.24) is 5.32 Å². The van der Waals surface area contributed by atoms with Crippen LogP contribution in [0.25, 0.3) is 0 Å². The van der Waals surface area contributed by atoms with Crippen LogP contribution in [-0.4, -0.2) is 32.4 Å². The topological polar surface area (TPSA) is 30.5 Å². The summed E-state index contributed by atoms with van der Waals surface area (Å²) in [7, 11) is 0. The number of ether oxygens (including phenoxy) is 2. The van der Waals surface area contributed by atoms with Gasteiger partial charge in [-0.3, -0.25) is 0 Å². The van der Waals surface area contributed by atoms with Gasteiger partial charge in [0.15, 0.2) is 0 Å². The van der Waals surface area contributed by atoms with Crippen molar-refractivity contribution < 1.29 is 9.47 Å². The van der Waals surface area contributed by atoms with Crippen LogP contribution in [0.3, 0.4) is 0 Å².